The smallest absolute Gasteiger partial charge is 0.0905 e. The van der Waals surface area contributed by atoms with Gasteiger partial charge in [0.05, 0.1) is 5.84 Å². The molecule has 1 rings (SSSR count). The van der Waals surface area contributed by atoms with Crippen LogP contribution in [0.25, 0.3) is 0 Å². The molecule has 1 aliphatic heterocycles. The molecule has 16 heavy (non-hydrogen) atoms. The molecular formula is C13H27N3. The van der Waals surface area contributed by atoms with Crippen LogP contribution in [0.2, 0.25) is 0 Å². The number of nitrogens with two attached hydrogens (primary N) is 1. The van der Waals surface area contributed by atoms with Gasteiger partial charge in [-0.2, -0.15) is 0 Å². The Hall–Kier alpha value is -0.570. The lowest BCUT2D eigenvalue weighted by Crippen LogP contribution is -2.26. The molecule has 1 heterocycles. The topological polar surface area (TPSA) is 53.1 Å². The van der Waals surface area contributed by atoms with E-state index in [-0.39, 0.29) is 0 Å². The summed E-state index contributed by atoms with van der Waals surface area (Å²) in [4.78, 5) is 2.58. The Balaban J connectivity index is 2.15. The monoisotopic (exact) mass is 225 g/mol. The van der Waals surface area contributed by atoms with Crippen LogP contribution in [0.4, 0.5) is 0 Å². The van der Waals surface area contributed by atoms with Gasteiger partial charge in [-0.1, -0.05) is 13.8 Å². The van der Waals surface area contributed by atoms with Crippen molar-refractivity contribution in [2.45, 2.75) is 52.4 Å². The molecule has 0 aromatic carbocycles. The van der Waals surface area contributed by atoms with Crippen molar-refractivity contribution in [3.8, 4) is 0 Å². The highest BCUT2D eigenvalue weighted by Crippen LogP contribution is 2.29. The zero-order chi connectivity index (χ0) is 12.0. The first-order valence-electron chi connectivity index (χ1n) is 6.55. The predicted molar refractivity (Wildman–Crippen MR) is 69.8 cm³/mol. The number of rotatable bonds is 5. The zero-order valence-corrected chi connectivity index (χ0v) is 10.9. The Morgan fingerprint density at radius 3 is 2.69 bits per heavy atom. The Labute approximate surface area is 99.9 Å². The SMILES string of the molecule is CC1(C)CCCN(CCCCC(=N)N)CC1. The molecule has 0 aromatic heterocycles. The van der Waals surface area contributed by atoms with Gasteiger partial charge in [-0.3, -0.25) is 5.41 Å². The van der Waals surface area contributed by atoms with Gasteiger partial charge in [-0.15, -0.1) is 0 Å². The average Bonchev–Trinajstić information content (AvgIpc) is 2.34. The molecule has 0 radical (unpaired) electrons. The van der Waals surface area contributed by atoms with Crippen molar-refractivity contribution in [1.29, 1.82) is 5.41 Å². The van der Waals surface area contributed by atoms with Crippen LogP contribution in [0.1, 0.15) is 52.4 Å². The molecular weight excluding hydrogens is 198 g/mol. The van der Waals surface area contributed by atoms with Gasteiger partial charge in [-0.25, -0.2) is 0 Å². The molecule has 0 amide bonds. The number of nitrogens with zero attached hydrogens (tertiary/aromatic N) is 1. The predicted octanol–water partition coefficient (Wildman–Crippen LogP) is 2.60. The van der Waals surface area contributed by atoms with Crippen LogP contribution in [0, 0.1) is 10.8 Å². The van der Waals surface area contributed by atoms with Crippen molar-refractivity contribution in [3.63, 3.8) is 0 Å². The van der Waals surface area contributed by atoms with E-state index in [9.17, 15) is 0 Å². The van der Waals surface area contributed by atoms with E-state index in [4.69, 9.17) is 11.1 Å². The van der Waals surface area contributed by atoms with Gasteiger partial charge in [0, 0.05) is 6.42 Å². The van der Waals surface area contributed by atoms with Crippen LogP contribution in [-0.4, -0.2) is 30.4 Å². The van der Waals surface area contributed by atoms with E-state index in [1.807, 2.05) is 0 Å². The van der Waals surface area contributed by atoms with Gasteiger partial charge < -0.3 is 10.6 Å². The van der Waals surface area contributed by atoms with Crippen molar-refractivity contribution >= 4 is 5.84 Å². The van der Waals surface area contributed by atoms with Crippen LogP contribution in [0.15, 0.2) is 0 Å². The van der Waals surface area contributed by atoms with Crippen LogP contribution in [0.3, 0.4) is 0 Å². The molecule has 0 unspecified atom stereocenters. The lowest BCUT2D eigenvalue weighted by atomic mass is 9.85. The highest BCUT2D eigenvalue weighted by Gasteiger charge is 2.22. The Morgan fingerprint density at radius 1 is 1.25 bits per heavy atom. The van der Waals surface area contributed by atoms with Gasteiger partial charge in [0.25, 0.3) is 0 Å². The highest BCUT2D eigenvalue weighted by molar-refractivity contribution is 5.76. The molecule has 3 nitrogen and oxygen atoms in total. The summed E-state index contributed by atoms with van der Waals surface area (Å²) in [5.41, 5.74) is 5.88. The van der Waals surface area contributed by atoms with Crippen molar-refractivity contribution in [2.24, 2.45) is 11.1 Å². The van der Waals surface area contributed by atoms with Gasteiger partial charge >= 0.3 is 0 Å². The van der Waals surface area contributed by atoms with E-state index in [1.165, 1.54) is 45.3 Å². The van der Waals surface area contributed by atoms with Crippen molar-refractivity contribution < 1.29 is 0 Å². The summed E-state index contributed by atoms with van der Waals surface area (Å²) >= 11 is 0. The summed E-state index contributed by atoms with van der Waals surface area (Å²) in [6.45, 7) is 8.44. The zero-order valence-electron chi connectivity index (χ0n) is 10.9. The number of unbranched alkanes of at least 4 members (excludes halogenated alkanes) is 1. The maximum atomic E-state index is 7.17. The number of hydrogen-bond donors (Lipinski definition) is 2. The summed E-state index contributed by atoms with van der Waals surface area (Å²) in [6, 6.07) is 0. The number of likely N-dealkylation sites (tertiary alicyclic amines) is 1. The minimum atomic E-state index is 0.331. The maximum absolute atomic E-state index is 7.17. The second-order valence-electron chi connectivity index (χ2n) is 5.84. The Kier molecular flexibility index (Phi) is 5.26. The molecule has 3 N–H and O–H groups in total. The van der Waals surface area contributed by atoms with Crippen LogP contribution in [0.5, 0.6) is 0 Å². The second kappa shape index (κ2) is 6.24. The second-order valence-corrected chi connectivity index (χ2v) is 5.84. The third-order valence-electron chi connectivity index (χ3n) is 3.60. The lowest BCUT2D eigenvalue weighted by Gasteiger charge is -2.23. The fraction of sp³-hybridized carbons (Fsp3) is 0.923. The standard InChI is InChI=1S/C13H27N3/c1-13(2)7-5-10-16(11-8-13)9-4-3-6-12(14)15/h3-11H2,1-2H3,(H3,14,15). The average molecular weight is 225 g/mol. The van der Waals surface area contributed by atoms with Crippen molar-refractivity contribution in [2.75, 3.05) is 19.6 Å². The molecule has 0 saturated carbocycles. The lowest BCUT2D eigenvalue weighted by molar-refractivity contribution is 0.258. The molecule has 3 heteroatoms. The first-order valence-corrected chi connectivity index (χ1v) is 6.55. The van der Waals surface area contributed by atoms with Gasteiger partial charge in [-0.05, 0) is 57.2 Å². The van der Waals surface area contributed by atoms with Crippen LogP contribution < -0.4 is 5.73 Å². The van der Waals surface area contributed by atoms with E-state index in [0.717, 1.165) is 12.8 Å². The first kappa shape index (κ1) is 13.5. The van der Waals surface area contributed by atoms with E-state index < -0.39 is 0 Å². The Morgan fingerprint density at radius 2 is 2.00 bits per heavy atom. The molecule has 0 spiro atoms. The van der Waals surface area contributed by atoms with Gasteiger partial charge in [0.1, 0.15) is 0 Å². The molecule has 0 aromatic rings. The molecule has 1 saturated heterocycles. The Bertz CT molecular complexity index is 223. The minimum Gasteiger partial charge on any atom is -0.388 e. The van der Waals surface area contributed by atoms with E-state index in [0.29, 0.717) is 11.3 Å². The highest BCUT2D eigenvalue weighted by atomic mass is 15.1. The number of amidine groups is 1. The third-order valence-corrected chi connectivity index (χ3v) is 3.60. The van der Waals surface area contributed by atoms with Gasteiger partial charge in [0.15, 0.2) is 0 Å². The first-order chi connectivity index (χ1) is 7.49. The fourth-order valence-electron chi connectivity index (χ4n) is 2.35. The quantitative estimate of drug-likeness (QED) is 0.429. The van der Waals surface area contributed by atoms with E-state index in [1.54, 1.807) is 0 Å². The number of hydrogen-bond acceptors (Lipinski definition) is 2. The molecule has 94 valence electrons. The molecule has 1 fully saturated rings. The van der Waals surface area contributed by atoms with Crippen LogP contribution in [-0.2, 0) is 0 Å². The van der Waals surface area contributed by atoms with Crippen molar-refractivity contribution in [1.82, 2.24) is 4.90 Å². The minimum absolute atomic E-state index is 0.331. The molecule has 0 atom stereocenters. The molecule has 0 bridgehead atoms. The summed E-state index contributed by atoms with van der Waals surface area (Å²) in [6.07, 6.45) is 7.02. The third kappa shape index (κ3) is 5.50. The molecule has 1 aliphatic rings. The number of nitrogens with one attached hydrogen (secondary N) is 1. The van der Waals surface area contributed by atoms with E-state index >= 15 is 0 Å². The van der Waals surface area contributed by atoms with Gasteiger partial charge in [0.2, 0.25) is 0 Å². The van der Waals surface area contributed by atoms with E-state index in [2.05, 4.69) is 18.7 Å². The van der Waals surface area contributed by atoms with Crippen molar-refractivity contribution in [3.05, 3.63) is 0 Å². The summed E-state index contributed by atoms with van der Waals surface area (Å²) < 4.78 is 0. The summed E-state index contributed by atoms with van der Waals surface area (Å²) in [5, 5.41) is 7.17. The maximum Gasteiger partial charge on any atom is 0.0905 e. The van der Waals surface area contributed by atoms with Crippen LogP contribution >= 0.6 is 0 Å². The normalized spacial score (nSPS) is 21.6. The largest absolute Gasteiger partial charge is 0.388 e. The molecule has 0 aliphatic carbocycles. The summed E-state index contributed by atoms with van der Waals surface area (Å²) in [7, 11) is 0. The summed E-state index contributed by atoms with van der Waals surface area (Å²) in [5.74, 6) is 0.331. The fourth-order valence-corrected chi connectivity index (χ4v) is 2.35.